The van der Waals surface area contributed by atoms with E-state index in [2.05, 4.69) is 10.2 Å². The predicted molar refractivity (Wildman–Crippen MR) is 55.5 cm³/mol. The summed E-state index contributed by atoms with van der Waals surface area (Å²) in [6, 6.07) is 0. The third kappa shape index (κ3) is 3.82. The standard InChI is InChI=1S/C6H10N2O2S3/c1-11-5-7-8-6(13-5)12-3-4(10)2-9/h4,9-10H,2-3H2,1H3. The van der Waals surface area contributed by atoms with Crippen LogP contribution in [0.5, 0.6) is 0 Å². The maximum Gasteiger partial charge on any atom is 0.175 e. The fourth-order valence-electron chi connectivity index (χ4n) is 0.558. The third-order valence-corrected chi connectivity index (χ3v) is 4.35. The average molecular weight is 238 g/mol. The number of aliphatic hydroxyl groups excluding tert-OH is 2. The van der Waals surface area contributed by atoms with Gasteiger partial charge in [-0.1, -0.05) is 34.9 Å². The Morgan fingerprint density at radius 3 is 2.69 bits per heavy atom. The summed E-state index contributed by atoms with van der Waals surface area (Å²) in [7, 11) is 0. The fourth-order valence-corrected chi connectivity index (χ4v) is 2.94. The number of hydrogen-bond donors (Lipinski definition) is 2. The molecule has 7 heteroatoms. The van der Waals surface area contributed by atoms with E-state index < -0.39 is 6.10 Å². The van der Waals surface area contributed by atoms with Crippen molar-refractivity contribution in [3.05, 3.63) is 0 Å². The van der Waals surface area contributed by atoms with E-state index in [4.69, 9.17) is 10.2 Å². The first-order valence-corrected chi connectivity index (χ1v) is 6.58. The molecule has 0 aromatic carbocycles. The van der Waals surface area contributed by atoms with Gasteiger partial charge in [-0.15, -0.1) is 10.2 Å². The second kappa shape index (κ2) is 5.82. The molecule has 0 amide bonds. The summed E-state index contributed by atoms with van der Waals surface area (Å²) in [6.45, 7) is -0.207. The maximum absolute atomic E-state index is 9.06. The van der Waals surface area contributed by atoms with Gasteiger partial charge in [0.2, 0.25) is 0 Å². The minimum atomic E-state index is -0.674. The highest BCUT2D eigenvalue weighted by atomic mass is 32.2. The highest BCUT2D eigenvalue weighted by Crippen LogP contribution is 2.27. The fraction of sp³-hybridized carbons (Fsp3) is 0.667. The molecule has 13 heavy (non-hydrogen) atoms. The van der Waals surface area contributed by atoms with E-state index in [-0.39, 0.29) is 6.61 Å². The van der Waals surface area contributed by atoms with E-state index in [1.54, 1.807) is 11.8 Å². The number of aromatic nitrogens is 2. The van der Waals surface area contributed by atoms with Crippen molar-refractivity contribution in [3.63, 3.8) is 0 Å². The van der Waals surface area contributed by atoms with E-state index in [1.807, 2.05) is 6.26 Å². The second-order valence-corrected chi connectivity index (χ2v) is 5.48. The molecule has 4 nitrogen and oxygen atoms in total. The Labute approximate surface area is 88.8 Å². The Kier molecular flexibility index (Phi) is 5.04. The molecule has 0 aliphatic carbocycles. The van der Waals surface area contributed by atoms with E-state index in [0.29, 0.717) is 5.75 Å². The SMILES string of the molecule is CSc1nnc(SCC(O)CO)s1. The second-order valence-electron chi connectivity index (χ2n) is 2.19. The highest BCUT2D eigenvalue weighted by molar-refractivity contribution is 8.02. The molecule has 0 radical (unpaired) electrons. The van der Waals surface area contributed by atoms with Gasteiger partial charge < -0.3 is 10.2 Å². The molecule has 0 bridgehead atoms. The van der Waals surface area contributed by atoms with Gasteiger partial charge in [0, 0.05) is 5.75 Å². The third-order valence-electron chi connectivity index (χ3n) is 1.17. The van der Waals surface area contributed by atoms with Crippen LogP contribution < -0.4 is 0 Å². The number of thioether (sulfide) groups is 2. The van der Waals surface area contributed by atoms with Crippen LogP contribution in [0.2, 0.25) is 0 Å². The molecule has 1 aromatic rings. The molecular formula is C6H10N2O2S3. The van der Waals surface area contributed by atoms with Crippen molar-refractivity contribution in [2.45, 2.75) is 14.8 Å². The van der Waals surface area contributed by atoms with Crippen LogP contribution >= 0.6 is 34.9 Å². The van der Waals surface area contributed by atoms with Gasteiger partial charge in [0.25, 0.3) is 0 Å². The van der Waals surface area contributed by atoms with E-state index in [1.165, 1.54) is 23.1 Å². The van der Waals surface area contributed by atoms with Gasteiger partial charge in [0.15, 0.2) is 8.68 Å². The largest absolute Gasteiger partial charge is 0.394 e. The molecule has 74 valence electrons. The smallest absolute Gasteiger partial charge is 0.175 e. The molecule has 1 unspecified atom stereocenters. The first-order valence-electron chi connectivity index (χ1n) is 3.55. The Balaban J connectivity index is 2.36. The molecule has 0 spiro atoms. The van der Waals surface area contributed by atoms with Crippen LogP contribution in [-0.4, -0.2) is 45.1 Å². The summed E-state index contributed by atoms with van der Waals surface area (Å²) in [4.78, 5) is 0. The molecule has 0 saturated carbocycles. The summed E-state index contributed by atoms with van der Waals surface area (Å²) >= 11 is 4.46. The molecule has 2 N–H and O–H groups in total. The molecule has 0 fully saturated rings. The summed E-state index contributed by atoms with van der Waals surface area (Å²) < 4.78 is 1.75. The van der Waals surface area contributed by atoms with Crippen molar-refractivity contribution >= 4 is 34.9 Å². The molecule has 0 aliphatic heterocycles. The lowest BCUT2D eigenvalue weighted by Gasteiger charge is -2.02. The minimum absolute atomic E-state index is 0.207. The number of hydrogen-bond acceptors (Lipinski definition) is 7. The van der Waals surface area contributed by atoms with Crippen molar-refractivity contribution in [1.82, 2.24) is 10.2 Å². The lowest BCUT2D eigenvalue weighted by molar-refractivity contribution is 0.113. The topological polar surface area (TPSA) is 66.2 Å². The summed E-state index contributed by atoms with van der Waals surface area (Å²) in [6.07, 6.45) is 1.27. The minimum Gasteiger partial charge on any atom is -0.394 e. The van der Waals surface area contributed by atoms with Crippen LogP contribution in [-0.2, 0) is 0 Å². The van der Waals surface area contributed by atoms with Gasteiger partial charge in [0.1, 0.15) is 0 Å². The van der Waals surface area contributed by atoms with Crippen LogP contribution in [0.15, 0.2) is 8.68 Å². The molecule has 1 rings (SSSR count). The van der Waals surface area contributed by atoms with Crippen molar-refractivity contribution in [2.24, 2.45) is 0 Å². The van der Waals surface area contributed by atoms with Gasteiger partial charge in [-0.25, -0.2) is 0 Å². The van der Waals surface area contributed by atoms with E-state index in [9.17, 15) is 0 Å². The van der Waals surface area contributed by atoms with Crippen LogP contribution in [0.1, 0.15) is 0 Å². The Morgan fingerprint density at radius 2 is 2.15 bits per heavy atom. The quantitative estimate of drug-likeness (QED) is 0.736. The van der Waals surface area contributed by atoms with E-state index in [0.717, 1.165) is 8.68 Å². The van der Waals surface area contributed by atoms with Gasteiger partial charge >= 0.3 is 0 Å². The van der Waals surface area contributed by atoms with Crippen LogP contribution in [0.3, 0.4) is 0 Å². The Morgan fingerprint density at radius 1 is 1.46 bits per heavy atom. The zero-order valence-electron chi connectivity index (χ0n) is 7.01. The van der Waals surface area contributed by atoms with Crippen LogP contribution in [0, 0.1) is 0 Å². The Hall–Kier alpha value is 0.180. The van der Waals surface area contributed by atoms with Crippen molar-refractivity contribution in [3.8, 4) is 0 Å². The molecule has 0 aliphatic rings. The number of nitrogens with zero attached hydrogens (tertiary/aromatic N) is 2. The lowest BCUT2D eigenvalue weighted by atomic mass is 10.4. The number of rotatable bonds is 5. The molecule has 1 atom stereocenters. The van der Waals surface area contributed by atoms with Gasteiger partial charge in [-0.3, -0.25) is 0 Å². The van der Waals surface area contributed by atoms with E-state index >= 15 is 0 Å². The highest BCUT2D eigenvalue weighted by Gasteiger charge is 2.07. The van der Waals surface area contributed by atoms with Gasteiger partial charge in [0.05, 0.1) is 12.7 Å². The predicted octanol–water partition coefficient (Wildman–Crippen LogP) is 0.705. The lowest BCUT2D eigenvalue weighted by Crippen LogP contribution is -2.14. The zero-order valence-corrected chi connectivity index (χ0v) is 9.45. The van der Waals surface area contributed by atoms with Crippen LogP contribution in [0.4, 0.5) is 0 Å². The molecule has 1 aromatic heterocycles. The maximum atomic E-state index is 9.06. The average Bonchev–Trinajstić information content (AvgIpc) is 2.61. The van der Waals surface area contributed by atoms with Crippen molar-refractivity contribution in [1.29, 1.82) is 0 Å². The van der Waals surface area contributed by atoms with Crippen molar-refractivity contribution < 1.29 is 10.2 Å². The number of aliphatic hydroxyl groups is 2. The molecular weight excluding hydrogens is 228 g/mol. The summed E-state index contributed by atoms with van der Waals surface area (Å²) in [5, 5.41) is 25.4. The summed E-state index contributed by atoms with van der Waals surface area (Å²) in [5.74, 6) is 0.458. The first-order chi connectivity index (χ1) is 6.26. The molecule has 1 heterocycles. The molecule has 0 saturated heterocycles. The van der Waals surface area contributed by atoms with Crippen LogP contribution in [0.25, 0.3) is 0 Å². The first kappa shape index (κ1) is 11.3. The van der Waals surface area contributed by atoms with Gasteiger partial charge in [-0.2, -0.15) is 0 Å². The van der Waals surface area contributed by atoms with Crippen molar-refractivity contribution in [2.75, 3.05) is 18.6 Å². The van der Waals surface area contributed by atoms with Gasteiger partial charge in [-0.05, 0) is 6.26 Å². The summed E-state index contributed by atoms with van der Waals surface area (Å²) in [5.41, 5.74) is 0. The zero-order chi connectivity index (χ0) is 9.68. The monoisotopic (exact) mass is 238 g/mol. The normalized spacial score (nSPS) is 13.2. The Bertz CT molecular complexity index is 256.